The van der Waals surface area contributed by atoms with Gasteiger partial charge in [-0.15, -0.1) is 0 Å². The molecule has 3 rings (SSSR count). The molecule has 0 aliphatic carbocycles. The van der Waals surface area contributed by atoms with Crippen LogP contribution >= 0.6 is 23.4 Å². The van der Waals surface area contributed by atoms with Crippen LogP contribution in [0.25, 0.3) is 11.0 Å². The molecule has 1 N–H and O–H groups in total. The van der Waals surface area contributed by atoms with Gasteiger partial charge in [-0.3, -0.25) is 0 Å². The molecule has 90 valence electrons. The van der Waals surface area contributed by atoms with Crippen LogP contribution in [-0.2, 0) is 7.05 Å². The van der Waals surface area contributed by atoms with E-state index in [0.717, 1.165) is 34.2 Å². The summed E-state index contributed by atoms with van der Waals surface area (Å²) in [5, 5.41) is 4.28. The molecule has 1 aliphatic rings. The number of nitrogens with zero attached hydrogens (tertiary/aromatic N) is 2. The summed E-state index contributed by atoms with van der Waals surface area (Å²) in [5.74, 6) is 3.34. The summed E-state index contributed by atoms with van der Waals surface area (Å²) in [6.45, 7) is 1.05. The van der Waals surface area contributed by atoms with E-state index >= 15 is 0 Å². The molecule has 1 aromatic heterocycles. The second kappa shape index (κ2) is 4.52. The normalized spacial score (nSPS) is 20.9. The molecule has 1 saturated heterocycles. The number of aryl methyl sites for hydroxylation is 1. The summed E-state index contributed by atoms with van der Waals surface area (Å²) in [4.78, 5) is 4.70. The minimum absolute atomic E-state index is 0.335. The maximum absolute atomic E-state index is 6.23. The number of thioether (sulfide) groups is 1. The molecule has 0 amide bonds. The van der Waals surface area contributed by atoms with Crippen molar-refractivity contribution >= 4 is 34.4 Å². The van der Waals surface area contributed by atoms with Crippen molar-refractivity contribution < 1.29 is 0 Å². The molecule has 1 fully saturated rings. The third-order valence-electron chi connectivity index (χ3n) is 3.11. The molecule has 17 heavy (non-hydrogen) atoms. The number of halogens is 1. The van der Waals surface area contributed by atoms with E-state index in [1.54, 1.807) is 0 Å². The fourth-order valence-electron chi connectivity index (χ4n) is 2.28. The first-order valence-electron chi connectivity index (χ1n) is 5.69. The topological polar surface area (TPSA) is 29.9 Å². The molecule has 0 saturated carbocycles. The van der Waals surface area contributed by atoms with E-state index in [1.807, 2.05) is 37.0 Å². The van der Waals surface area contributed by atoms with Gasteiger partial charge >= 0.3 is 0 Å². The Kier molecular flexibility index (Phi) is 3.03. The van der Waals surface area contributed by atoms with E-state index in [0.29, 0.717) is 6.04 Å². The molecule has 1 unspecified atom stereocenters. The van der Waals surface area contributed by atoms with Crippen molar-refractivity contribution in [3.05, 3.63) is 29.0 Å². The minimum atomic E-state index is 0.335. The van der Waals surface area contributed by atoms with Gasteiger partial charge in [-0.25, -0.2) is 4.98 Å². The van der Waals surface area contributed by atoms with Gasteiger partial charge in [0.15, 0.2) is 0 Å². The molecule has 0 spiro atoms. The first kappa shape index (κ1) is 11.4. The van der Waals surface area contributed by atoms with E-state index in [2.05, 4.69) is 9.88 Å². The highest BCUT2D eigenvalue weighted by atomic mass is 35.5. The van der Waals surface area contributed by atoms with Gasteiger partial charge in [0.2, 0.25) is 0 Å². The molecule has 1 aliphatic heterocycles. The van der Waals surface area contributed by atoms with Gasteiger partial charge in [-0.05, 0) is 12.1 Å². The predicted octanol–water partition coefficient (Wildman–Crippen LogP) is 2.60. The first-order valence-corrected chi connectivity index (χ1v) is 7.22. The molecule has 2 aromatic rings. The average molecular weight is 268 g/mol. The van der Waals surface area contributed by atoms with Crippen LogP contribution in [0.2, 0.25) is 5.02 Å². The fraction of sp³-hybridized carbons (Fsp3) is 0.417. The van der Waals surface area contributed by atoms with Crippen LogP contribution in [0.4, 0.5) is 0 Å². The number of nitrogens with one attached hydrogen (secondary N) is 1. The van der Waals surface area contributed by atoms with Crippen molar-refractivity contribution in [2.75, 3.05) is 18.1 Å². The molecular weight excluding hydrogens is 254 g/mol. The largest absolute Gasteiger partial charge is 0.329 e. The lowest BCUT2D eigenvalue weighted by atomic mass is 10.3. The summed E-state index contributed by atoms with van der Waals surface area (Å²) >= 11 is 8.20. The van der Waals surface area contributed by atoms with Crippen molar-refractivity contribution in [3.8, 4) is 0 Å². The summed E-state index contributed by atoms with van der Waals surface area (Å²) < 4.78 is 2.11. The van der Waals surface area contributed by atoms with Crippen LogP contribution in [0.3, 0.4) is 0 Å². The van der Waals surface area contributed by atoms with E-state index < -0.39 is 0 Å². The fourth-order valence-corrected chi connectivity index (χ4v) is 3.51. The Morgan fingerprint density at radius 2 is 2.41 bits per heavy atom. The number of rotatable bonds is 1. The molecule has 1 atom stereocenters. The van der Waals surface area contributed by atoms with Crippen LogP contribution < -0.4 is 5.32 Å². The molecular formula is C12H14ClN3S. The second-order valence-corrected chi connectivity index (χ2v) is 5.78. The second-order valence-electron chi connectivity index (χ2n) is 4.22. The zero-order chi connectivity index (χ0) is 11.8. The van der Waals surface area contributed by atoms with Crippen LogP contribution in [-0.4, -0.2) is 27.6 Å². The summed E-state index contributed by atoms with van der Waals surface area (Å²) in [6.07, 6.45) is 0. The van der Waals surface area contributed by atoms with E-state index in [-0.39, 0.29) is 0 Å². The Hall–Kier alpha value is -0.710. The molecule has 0 bridgehead atoms. The summed E-state index contributed by atoms with van der Waals surface area (Å²) in [7, 11) is 2.04. The highest BCUT2D eigenvalue weighted by molar-refractivity contribution is 7.99. The zero-order valence-electron chi connectivity index (χ0n) is 9.61. The SMILES string of the molecule is Cn1c(C2CSCCN2)nc2cccc(Cl)c21. The Morgan fingerprint density at radius 1 is 1.53 bits per heavy atom. The lowest BCUT2D eigenvalue weighted by Crippen LogP contribution is -2.32. The third kappa shape index (κ3) is 1.94. The van der Waals surface area contributed by atoms with Crippen molar-refractivity contribution in [1.29, 1.82) is 0 Å². The van der Waals surface area contributed by atoms with E-state index in [1.165, 1.54) is 5.75 Å². The van der Waals surface area contributed by atoms with Gasteiger partial charge in [0, 0.05) is 25.1 Å². The van der Waals surface area contributed by atoms with Crippen LogP contribution in [0.15, 0.2) is 18.2 Å². The average Bonchev–Trinajstić information content (AvgIpc) is 2.69. The van der Waals surface area contributed by atoms with Crippen molar-refractivity contribution in [2.24, 2.45) is 7.05 Å². The lowest BCUT2D eigenvalue weighted by molar-refractivity contribution is 0.549. The number of para-hydroxylation sites is 1. The number of hydrogen-bond donors (Lipinski definition) is 1. The number of aromatic nitrogens is 2. The van der Waals surface area contributed by atoms with Gasteiger partial charge in [0.1, 0.15) is 5.82 Å². The van der Waals surface area contributed by atoms with Gasteiger partial charge in [0.25, 0.3) is 0 Å². The van der Waals surface area contributed by atoms with Crippen molar-refractivity contribution in [3.63, 3.8) is 0 Å². The number of benzene rings is 1. The van der Waals surface area contributed by atoms with Gasteiger partial charge in [-0.2, -0.15) is 11.8 Å². The molecule has 5 heteroatoms. The highest BCUT2D eigenvalue weighted by Gasteiger charge is 2.21. The van der Waals surface area contributed by atoms with Crippen molar-refractivity contribution in [2.45, 2.75) is 6.04 Å². The van der Waals surface area contributed by atoms with Crippen molar-refractivity contribution in [1.82, 2.24) is 14.9 Å². The third-order valence-corrected chi connectivity index (χ3v) is 4.48. The van der Waals surface area contributed by atoms with Crippen LogP contribution in [0.5, 0.6) is 0 Å². The number of fused-ring (bicyclic) bond motifs is 1. The van der Waals surface area contributed by atoms with Crippen LogP contribution in [0.1, 0.15) is 11.9 Å². The Balaban J connectivity index is 2.10. The molecule has 1 aromatic carbocycles. The summed E-state index contributed by atoms with van der Waals surface area (Å²) in [5.41, 5.74) is 2.01. The minimum Gasteiger partial charge on any atom is -0.329 e. The van der Waals surface area contributed by atoms with Gasteiger partial charge in [0.05, 0.1) is 22.1 Å². The molecule has 0 radical (unpaired) electrons. The Labute approximate surface area is 110 Å². The lowest BCUT2D eigenvalue weighted by Gasteiger charge is -2.22. The zero-order valence-corrected chi connectivity index (χ0v) is 11.2. The monoisotopic (exact) mass is 267 g/mol. The maximum atomic E-state index is 6.23. The van der Waals surface area contributed by atoms with E-state index in [4.69, 9.17) is 16.6 Å². The predicted molar refractivity (Wildman–Crippen MR) is 73.8 cm³/mol. The Bertz CT molecular complexity index is 546. The molecule has 2 heterocycles. The standard InChI is InChI=1S/C12H14ClN3S/c1-16-11-8(13)3-2-4-9(11)15-12(16)10-7-17-6-5-14-10/h2-4,10,14H,5-7H2,1H3. The highest BCUT2D eigenvalue weighted by Crippen LogP contribution is 2.28. The maximum Gasteiger partial charge on any atom is 0.127 e. The Morgan fingerprint density at radius 3 is 3.12 bits per heavy atom. The smallest absolute Gasteiger partial charge is 0.127 e. The van der Waals surface area contributed by atoms with Gasteiger partial charge in [-0.1, -0.05) is 17.7 Å². The number of hydrogen-bond acceptors (Lipinski definition) is 3. The first-order chi connectivity index (χ1) is 8.27. The van der Waals surface area contributed by atoms with E-state index in [9.17, 15) is 0 Å². The van der Waals surface area contributed by atoms with Gasteiger partial charge < -0.3 is 9.88 Å². The summed E-state index contributed by atoms with van der Waals surface area (Å²) in [6, 6.07) is 6.21. The quantitative estimate of drug-likeness (QED) is 0.861. The molecule has 3 nitrogen and oxygen atoms in total. The number of imidazole rings is 1. The van der Waals surface area contributed by atoms with Crippen LogP contribution in [0, 0.1) is 0 Å².